The van der Waals surface area contributed by atoms with Crippen LogP contribution in [0.3, 0.4) is 0 Å². The van der Waals surface area contributed by atoms with Crippen LogP contribution in [0.25, 0.3) is 0 Å². The van der Waals surface area contributed by atoms with E-state index in [1.54, 1.807) is 0 Å². The minimum Gasteiger partial charge on any atom is -0.598 e. The fourth-order valence-corrected chi connectivity index (χ4v) is 5.34. The summed E-state index contributed by atoms with van der Waals surface area (Å²) in [5, 5.41) is 9.89. The quantitative estimate of drug-likeness (QED) is 0.670. The number of rotatable bonds is 5. The van der Waals surface area contributed by atoms with E-state index in [-0.39, 0.29) is 0 Å². The van der Waals surface area contributed by atoms with E-state index in [1.807, 2.05) is 33.8 Å². The fourth-order valence-electron chi connectivity index (χ4n) is 2.16. The van der Waals surface area contributed by atoms with Crippen LogP contribution in [-0.4, -0.2) is 19.3 Å². The molecule has 5 nitrogen and oxygen atoms in total. The van der Waals surface area contributed by atoms with Gasteiger partial charge in [0, 0.05) is 28.9 Å². The Morgan fingerprint density at radius 1 is 1.44 bits per heavy atom. The van der Waals surface area contributed by atoms with Crippen LogP contribution in [0.2, 0.25) is 5.02 Å². The molecular weight excluding hydrogens is 444 g/mol. The van der Waals surface area contributed by atoms with Crippen molar-refractivity contribution in [3.8, 4) is 6.07 Å². The van der Waals surface area contributed by atoms with Crippen molar-refractivity contribution >= 4 is 50.2 Å². The van der Waals surface area contributed by atoms with Crippen molar-refractivity contribution < 1.29 is 4.55 Å². The monoisotopic (exact) mass is 460 g/mol. The van der Waals surface area contributed by atoms with Crippen LogP contribution in [-0.2, 0) is 23.3 Å². The standard InChI is InChI=1S/C16H18BrClN4OS2/c1-15(2,3)25(23)22-16(4,14-11(18)5-13(17)24-14)6-12-10(7-19)8-20-9-21-12/h5,8-9,22H,6H2,1-4H3/t16?,25-/m1/s1. The highest BCUT2D eigenvalue weighted by atomic mass is 79.9. The molecule has 134 valence electrons. The predicted molar refractivity (Wildman–Crippen MR) is 106 cm³/mol. The maximum absolute atomic E-state index is 12.8. The lowest BCUT2D eigenvalue weighted by molar-refractivity contribution is 0.421. The van der Waals surface area contributed by atoms with Crippen LogP contribution in [0.1, 0.15) is 43.8 Å². The van der Waals surface area contributed by atoms with Gasteiger partial charge < -0.3 is 4.55 Å². The minimum atomic E-state index is -1.33. The van der Waals surface area contributed by atoms with Crippen LogP contribution < -0.4 is 4.72 Å². The van der Waals surface area contributed by atoms with Gasteiger partial charge in [0.05, 0.1) is 20.1 Å². The zero-order valence-corrected chi connectivity index (χ0v) is 18.2. The molecule has 0 aliphatic carbocycles. The third-order valence-electron chi connectivity index (χ3n) is 3.47. The Bertz CT molecular complexity index is 802. The molecule has 2 heterocycles. The predicted octanol–water partition coefficient (Wildman–Crippen LogP) is 4.34. The first-order chi connectivity index (χ1) is 11.6. The normalized spacial score (nSPS) is 15.4. The number of hydrogen-bond donors (Lipinski definition) is 1. The minimum absolute atomic E-state index is 0.354. The second-order valence-corrected chi connectivity index (χ2v) is 11.5. The van der Waals surface area contributed by atoms with E-state index in [2.05, 4.69) is 36.7 Å². The third kappa shape index (κ3) is 4.94. The smallest absolute Gasteiger partial charge is 0.136 e. The summed E-state index contributed by atoms with van der Waals surface area (Å²) in [6, 6.07) is 3.92. The fraction of sp³-hybridized carbons (Fsp3) is 0.438. The number of aromatic nitrogens is 2. The Labute approximate surface area is 168 Å². The first kappa shape index (κ1) is 20.6. The van der Waals surface area contributed by atoms with E-state index < -0.39 is 21.6 Å². The van der Waals surface area contributed by atoms with Gasteiger partial charge in [-0.05, 0) is 49.7 Å². The summed E-state index contributed by atoms with van der Waals surface area (Å²) in [5.74, 6) is 0. The van der Waals surface area contributed by atoms with Gasteiger partial charge in [-0.2, -0.15) is 5.26 Å². The van der Waals surface area contributed by atoms with Crippen molar-refractivity contribution in [3.63, 3.8) is 0 Å². The van der Waals surface area contributed by atoms with E-state index in [0.29, 0.717) is 22.7 Å². The molecule has 1 N–H and O–H groups in total. The van der Waals surface area contributed by atoms with Crippen molar-refractivity contribution in [2.45, 2.75) is 44.4 Å². The largest absolute Gasteiger partial charge is 0.598 e. The molecule has 2 aromatic heterocycles. The summed E-state index contributed by atoms with van der Waals surface area (Å²) in [6.45, 7) is 7.61. The molecular formula is C16H18BrClN4OS2. The highest BCUT2D eigenvalue weighted by Crippen LogP contribution is 2.41. The summed E-state index contributed by atoms with van der Waals surface area (Å²) >= 11 is 9.99. The summed E-state index contributed by atoms with van der Waals surface area (Å²) in [6.07, 6.45) is 3.24. The summed E-state index contributed by atoms with van der Waals surface area (Å²) < 4.78 is 16.4. The zero-order chi connectivity index (χ0) is 18.8. The first-order valence-electron chi connectivity index (χ1n) is 7.41. The third-order valence-corrected chi connectivity index (χ3v) is 7.53. The van der Waals surface area contributed by atoms with Crippen LogP contribution in [0.4, 0.5) is 0 Å². The molecule has 0 aromatic carbocycles. The highest BCUT2D eigenvalue weighted by molar-refractivity contribution is 9.11. The van der Waals surface area contributed by atoms with Crippen molar-refractivity contribution in [2.75, 3.05) is 0 Å². The average Bonchev–Trinajstić information content (AvgIpc) is 2.86. The molecule has 0 aliphatic heterocycles. The van der Waals surface area contributed by atoms with Crippen molar-refractivity contribution in [1.29, 1.82) is 5.26 Å². The highest BCUT2D eigenvalue weighted by Gasteiger charge is 2.40. The molecule has 2 aromatic rings. The van der Waals surface area contributed by atoms with Crippen LogP contribution in [0.15, 0.2) is 22.4 Å². The van der Waals surface area contributed by atoms with E-state index in [0.717, 1.165) is 8.66 Å². The van der Waals surface area contributed by atoms with Gasteiger partial charge in [-0.1, -0.05) is 11.6 Å². The van der Waals surface area contributed by atoms with Crippen LogP contribution >= 0.6 is 38.9 Å². The van der Waals surface area contributed by atoms with E-state index in [4.69, 9.17) is 11.6 Å². The second-order valence-electron chi connectivity index (χ2n) is 6.71. The molecule has 2 atom stereocenters. The first-order valence-corrected chi connectivity index (χ1v) is 10.5. The molecule has 0 aliphatic rings. The number of halogens is 2. The summed E-state index contributed by atoms with van der Waals surface area (Å²) in [5.41, 5.74) is 0.217. The van der Waals surface area contributed by atoms with Gasteiger partial charge in [-0.15, -0.1) is 16.1 Å². The lowest BCUT2D eigenvalue weighted by Gasteiger charge is -2.34. The zero-order valence-electron chi connectivity index (χ0n) is 14.3. The summed E-state index contributed by atoms with van der Waals surface area (Å²) in [4.78, 5) is 8.97. The SMILES string of the molecule is CC(Cc1ncncc1C#N)(N[S@+]([O-])C(C)(C)C)c1sc(Br)cc1Cl. The topological polar surface area (TPSA) is 84.7 Å². The maximum Gasteiger partial charge on any atom is 0.136 e. The van der Waals surface area contributed by atoms with Gasteiger partial charge in [0.15, 0.2) is 0 Å². The molecule has 9 heteroatoms. The molecule has 0 radical (unpaired) electrons. The van der Waals surface area contributed by atoms with Gasteiger partial charge >= 0.3 is 0 Å². The molecule has 0 spiro atoms. The molecule has 0 saturated carbocycles. The van der Waals surface area contributed by atoms with E-state index in [9.17, 15) is 9.81 Å². The number of hydrogen-bond acceptors (Lipinski definition) is 6. The lowest BCUT2D eigenvalue weighted by Crippen LogP contribution is -2.51. The Kier molecular flexibility index (Phi) is 6.52. The van der Waals surface area contributed by atoms with Crippen LogP contribution in [0, 0.1) is 11.3 Å². The molecule has 2 rings (SSSR count). The van der Waals surface area contributed by atoms with Gasteiger partial charge in [-0.3, -0.25) is 0 Å². The van der Waals surface area contributed by atoms with Crippen molar-refractivity contribution in [1.82, 2.24) is 14.7 Å². The molecule has 25 heavy (non-hydrogen) atoms. The summed E-state index contributed by atoms with van der Waals surface area (Å²) in [7, 11) is 0. The van der Waals surface area contributed by atoms with Gasteiger partial charge in [0.25, 0.3) is 0 Å². The Morgan fingerprint density at radius 3 is 2.64 bits per heavy atom. The maximum atomic E-state index is 12.8. The Balaban J connectivity index is 2.49. The van der Waals surface area contributed by atoms with Crippen LogP contribution in [0.5, 0.6) is 0 Å². The molecule has 0 saturated heterocycles. The number of thiophene rings is 1. The second kappa shape index (κ2) is 7.91. The molecule has 0 bridgehead atoms. The van der Waals surface area contributed by atoms with Crippen molar-refractivity contribution in [2.24, 2.45) is 0 Å². The van der Waals surface area contributed by atoms with Crippen molar-refractivity contribution in [3.05, 3.63) is 43.5 Å². The number of nitrogens with one attached hydrogen (secondary N) is 1. The Morgan fingerprint density at radius 2 is 2.12 bits per heavy atom. The van der Waals surface area contributed by atoms with Gasteiger partial charge in [-0.25, -0.2) is 9.97 Å². The van der Waals surface area contributed by atoms with Gasteiger partial charge in [0.1, 0.15) is 22.7 Å². The Hall–Kier alpha value is -0.690. The average molecular weight is 462 g/mol. The molecule has 0 fully saturated rings. The molecule has 1 unspecified atom stereocenters. The molecule has 0 amide bonds. The number of nitriles is 1. The van der Waals surface area contributed by atoms with E-state index >= 15 is 0 Å². The van der Waals surface area contributed by atoms with E-state index in [1.165, 1.54) is 23.9 Å². The van der Waals surface area contributed by atoms with Gasteiger partial charge in [0.2, 0.25) is 0 Å². The number of nitrogens with zero attached hydrogens (tertiary/aromatic N) is 3. The lowest BCUT2D eigenvalue weighted by atomic mass is 9.93.